The van der Waals surface area contributed by atoms with Crippen LogP contribution in [0.2, 0.25) is 0 Å². The number of hydrogen-bond acceptors (Lipinski definition) is 1. The number of rotatable bonds is 3. The smallest absolute Gasteiger partial charge is 0.672 e. The maximum Gasteiger partial charge on any atom is 1.00 e. The van der Waals surface area contributed by atoms with E-state index in [-0.39, 0.29) is 58.2 Å². The molecule has 0 radical (unpaired) electrons. The van der Waals surface area contributed by atoms with Crippen LogP contribution in [0.25, 0.3) is 5.73 Å². The van der Waals surface area contributed by atoms with Gasteiger partial charge in [0, 0.05) is 6.10 Å². The van der Waals surface area contributed by atoms with Gasteiger partial charge in [-0.25, -0.2) is 0 Å². The van der Waals surface area contributed by atoms with E-state index in [4.69, 9.17) is 10.8 Å². The summed E-state index contributed by atoms with van der Waals surface area (Å²) in [5.74, 6) is 0. The summed E-state index contributed by atoms with van der Waals surface area (Å²) in [7, 11) is 0. The van der Waals surface area contributed by atoms with E-state index in [2.05, 4.69) is 0 Å². The standard InChI is InChI=1S/C10H14NO.Rb/c1-8(12)10(11)7-9-5-3-2-4-6-9;/h2-6,8,10-12H,7H2,1H3;/q-1;+1. The zero-order valence-electron chi connectivity index (χ0n) is 8.20. The molecule has 13 heavy (non-hydrogen) atoms. The number of nitrogens with one attached hydrogen (secondary N) is 1. The monoisotopic (exact) mass is 249 g/mol. The summed E-state index contributed by atoms with van der Waals surface area (Å²) in [5, 5.41) is 9.09. The molecule has 2 atom stereocenters. The van der Waals surface area contributed by atoms with Gasteiger partial charge in [0.1, 0.15) is 0 Å². The molecule has 2 nitrogen and oxygen atoms in total. The largest absolute Gasteiger partial charge is 1.00 e. The summed E-state index contributed by atoms with van der Waals surface area (Å²) in [6.07, 6.45) is 0.0728. The van der Waals surface area contributed by atoms with Crippen molar-refractivity contribution in [2.45, 2.75) is 25.5 Å². The fourth-order valence-electron chi connectivity index (χ4n) is 1.04. The average molecular weight is 250 g/mol. The van der Waals surface area contributed by atoms with Crippen LogP contribution in [0.5, 0.6) is 0 Å². The Labute approximate surface area is 128 Å². The van der Waals surface area contributed by atoms with E-state index in [9.17, 15) is 0 Å². The van der Waals surface area contributed by atoms with Crippen molar-refractivity contribution < 1.29 is 63.3 Å². The molecule has 1 aromatic rings. The van der Waals surface area contributed by atoms with Crippen molar-refractivity contribution >= 4 is 0 Å². The average Bonchev–Trinajstić information content (AvgIpc) is 2.06. The van der Waals surface area contributed by atoms with Gasteiger partial charge in [-0.1, -0.05) is 30.3 Å². The molecule has 0 spiro atoms. The van der Waals surface area contributed by atoms with E-state index in [0.29, 0.717) is 6.42 Å². The van der Waals surface area contributed by atoms with Crippen molar-refractivity contribution in [2.75, 3.05) is 0 Å². The fraction of sp³-hybridized carbons (Fsp3) is 0.400. The Bertz CT molecular complexity index is 226. The molecule has 0 amide bonds. The third kappa shape index (κ3) is 5.40. The zero-order valence-corrected chi connectivity index (χ0v) is 13.1. The summed E-state index contributed by atoms with van der Waals surface area (Å²) in [5.41, 5.74) is 8.62. The minimum absolute atomic E-state index is 0. The topological polar surface area (TPSA) is 44.0 Å². The minimum atomic E-state index is -0.551. The summed E-state index contributed by atoms with van der Waals surface area (Å²) in [4.78, 5) is 0. The van der Waals surface area contributed by atoms with Crippen LogP contribution in [0.4, 0.5) is 0 Å². The third-order valence-electron chi connectivity index (χ3n) is 1.88. The molecule has 0 saturated heterocycles. The van der Waals surface area contributed by atoms with Crippen LogP contribution in [0.15, 0.2) is 30.3 Å². The second-order valence-corrected chi connectivity index (χ2v) is 3.04. The molecule has 1 aromatic carbocycles. The SMILES string of the molecule is CC(O)C([NH-])Cc1ccccc1.[Rb+]. The van der Waals surface area contributed by atoms with Crippen molar-refractivity contribution in [3.63, 3.8) is 0 Å². The first-order valence-corrected chi connectivity index (χ1v) is 4.13. The third-order valence-corrected chi connectivity index (χ3v) is 1.88. The molecule has 0 heterocycles. The quantitative estimate of drug-likeness (QED) is 0.737. The van der Waals surface area contributed by atoms with Gasteiger partial charge < -0.3 is 10.8 Å². The molecule has 66 valence electrons. The molecule has 0 saturated carbocycles. The first-order chi connectivity index (χ1) is 5.70. The Hall–Kier alpha value is 0.945. The Kier molecular flexibility index (Phi) is 7.79. The van der Waals surface area contributed by atoms with Gasteiger partial charge >= 0.3 is 58.2 Å². The first kappa shape index (κ1) is 13.9. The van der Waals surface area contributed by atoms with E-state index in [1.165, 1.54) is 0 Å². The predicted molar refractivity (Wildman–Crippen MR) is 49.9 cm³/mol. The molecule has 2 unspecified atom stereocenters. The van der Waals surface area contributed by atoms with Crippen LogP contribution < -0.4 is 58.2 Å². The predicted octanol–water partition coefficient (Wildman–Crippen LogP) is -0.965. The van der Waals surface area contributed by atoms with Gasteiger partial charge in [-0.15, -0.1) is 6.04 Å². The van der Waals surface area contributed by atoms with Crippen molar-refractivity contribution in [2.24, 2.45) is 0 Å². The molecule has 2 N–H and O–H groups in total. The van der Waals surface area contributed by atoms with Gasteiger partial charge in [0.05, 0.1) is 0 Å². The van der Waals surface area contributed by atoms with E-state index >= 15 is 0 Å². The maximum absolute atomic E-state index is 9.09. The molecule has 0 fully saturated rings. The van der Waals surface area contributed by atoms with Crippen LogP contribution in [-0.2, 0) is 6.42 Å². The zero-order chi connectivity index (χ0) is 8.97. The van der Waals surface area contributed by atoms with Gasteiger partial charge in [-0.05, 0) is 18.9 Å². The Morgan fingerprint density at radius 1 is 1.31 bits per heavy atom. The normalized spacial score (nSPS) is 14.4. The molecule has 0 aliphatic rings. The van der Waals surface area contributed by atoms with Gasteiger partial charge in [-0.3, -0.25) is 0 Å². The van der Waals surface area contributed by atoms with Crippen molar-refractivity contribution in [3.05, 3.63) is 41.6 Å². The van der Waals surface area contributed by atoms with Crippen LogP contribution in [0.1, 0.15) is 12.5 Å². The van der Waals surface area contributed by atoms with Crippen molar-refractivity contribution in [1.29, 1.82) is 0 Å². The molecule has 1 rings (SSSR count). The molecule has 0 aliphatic heterocycles. The van der Waals surface area contributed by atoms with E-state index < -0.39 is 12.1 Å². The molecule has 0 bridgehead atoms. The maximum atomic E-state index is 9.09. The van der Waals surface area contributed by atoms with Crippen LogP contribution in [0.3, 0.4) is 0 Å². The first-order valence-electron chi connectivity index (χ1n) is 4.13. The van der Waals surface area contributed by atoms with E-state index in [1.54, 1.807) is 6.92 Å². The fourth-order valence-corrected chi connectivity index (χ4v) is 1.04. The molecule has 3 heteroatoms. The molecular weight excluding hydrogens is 236 g/mol. The number of hydrogen-bond donors (Lipinski definition) is 1. The number of aliphatic hydroxyl groups excluding tert-OH is 1. The Morgan fingerprint density at radius 3 is 2.31 bits per heavy atom. The van der Waals surface area contributed by atoms with Crippen LogP contribution in [-0.4, -0.2) is 17.3 Å². The van der Waals surface area contributed by atoms with Gasteiger partial charge in [0.2, 0.25) is 0 Å². The Morgan fingerprint density at radius 2 is 1.85 bits per heavy atom. The van der Waals surface area contributed by atoms with Crippen LogP contribution >= 0.6 is 0 Å². The van der Waals surface area contributed by atoms with Gasteiger partial charge in [-0.2, -0.15) is 0 Å². The second kappa shape index (κ2) is 7.26. The van der Waals surface area contributed by atoms with E-state index in [1.807, 2.05) is 30.3 Å². The molecule has 0 aliphatic carbocycles. The Balaban J connectivity index is 0.00000144. The minimum Gasteiger partial charge on any atom is -0.672 e. The summed E-state index contributed by atoms with van der Waals surface area (Å²) >= 11 is 0. The summed E-state index contributed by atoms with van der Waals surface area (Å²) in [6.45, 7) is 1.65. The van der Waals surface area contributed by atoms with Crippen molar-refractivity contribution in [1.82, 2.24) is 0 Å². The van der Waals surface area contributed by atoms with Gasteiger partial charge in [0.15, 0.2) is 0 Å². The van der Waals surface area contributed by atoms with E-state index in [0.717, 1.165) is 5.56 Å². The number of aliphatic hydroxyl groups is 1. The van der Waals surface area contributed by atoms with Crippen LogP contribution in [0, 0.1) is 0 Å². The molecular formula is C10H14NORb. The van der Waals surface area contributed by atoms with Gasteiger partial charge in [0.25, 0.3) is 0 Å². The number of benzene rings is 1. The molecule has 0 aromatic heterocycles. The summed E-state index contributed by atoms with van der Waals surface area (Å²) in [6, 6.07) is 9.39. The van der Waals surface area contributed by atoms with Crippen molar-refractivity contribution in [3.8, 4) is 0 Å². The second-order valence-electron chi connectivity index (χ2n) is 3.04. The summed E-state index contributed by atoms with van der Waals surface area (Å²) < 4.78 is 0.